The lowest BCUT2D eigenvalue weighted by atomic mass is 10.1. The van der Waals surface area contributed by atoms with Gasteiger partial charge in [-0.15, -0.1) is 0 Å². The summed E-state index contributed by atoms with van der Waals surface area (Å²) in [6.45, 7) is 8.46. The molecule has 0 saturated carbocycles. The molecule has 0 aliphatic carbocycles. The molecule has 1 fully saturated rings. The van der Waals surface area contributed by atoms with Crippen molar-refractivity contribution in [3.8, 4) is 0 Å². The average molecular weight is 474 g/mol. The highest BCUT2D eigenvalue weighted by Crippen LogP contribution is 2.24. The Hall–Kier alpha value is -2.33. The molecule has 0 radical (unpaired) electrons. The number of amides is 1. The van der Waals surface area contributed by atoms with Gasteiger partial charge >= 0.3 is 0 Å². The van der Waals surface area contributed by atoms with Crippen LogP contribution in [0.15, 0.2) is 46.3 Å². The molecule has 9 heteroatoms. The summed E-state index contributed by atoms with van der Waals surface area (Å²) in [6, 6.07) is 10.1. The molecule has 1 amide bonds. The van der Waals surface area contributed by atoms with E-state index < -0.39 is 15.9 Å². The van der Waals surface area contributed by atoms with Gasteiger partial charge in [0.25, 0.3) is 5.91 Å². The number of ether oxygens (including phenoxy) is 1. The zero-order valence-corrected chi connectivity index (χ0v) is 20.5. The molecular weight excluding hydrogens is 446 g/mol. The number of hydrogen-bond acceptors (Lipinski definition) is 5. The predicted molar refractivity (Wildman–Crippen MR) is 125 cm³/mol. The lowest BCUT2D eigenvalue weighted by Gasteiger charge is -2.34. The molecule has 7 nitrogen and oxygen atoms in total. The topological polar surface area (TPSA) is 81.0 Å². The lowest BCUT2D eigenvalue weighted by molar-refractivity contribution is -0.0440. The van der Waals surface area contributed by atoms with E-state index in [1.54, 1.807) is 0 Å². The minimum absolute atomic E-state index is 0.161. The molecule has 2 aromatic carbocycles. The number of carbonyl (C=O) groups is 1. The molecule has 32 heavy (non-hydrogen) atoms. The second kappa shape index (κ2) is 8.55. The summed E-state index contributed by atoms with van der Waals surface area (Å²) in [5.41, 5.74) is 3.76. The van der Waals surface area contributed by atoms with Crippen LogP contribution in [-0.4, -0.2) is 48.5 Å². The number of fused-ring (bicyclic) bond motifs is 1. The number of aryl methyl sites for hydroxylation is 3. The fourth-order valence-electron chi connectivity index (χ4n) is 4.03. The second-order valence-electron chi connectivity index (χ2n) is 8.32. The maximum atomic E-state index is 13.0. The van der Waals surface area contributed by atoms with E-state index in [2.05, 4.69) is 24.9 Å². The molecule has 2 atom stereocenters. The fourth-order valence-corrected chi connectivity index (χ4v) is 6.70. The number of hydrogen-bond donors (Lipinski definition) is 0. The molecule has 1 aliphatic rings. The molecule has 0 N–H and O–H groups in total. The van der Waals surface area contributed by atoms with Crippen molar-refractivity contribution < 1.29 is 17.9 Å². The molecule has 2 unspecified atom stereocenters. The molecule has 2 heterocycles. The number of thiazole rings is 1. The standard InChI is InChI=1S/C23H27N3O4S2/c1-14-6-11-20-21(17(14)4)25(5)23(31-20)24-22(27)18-7-9-19(10-8-18)32(28,29)26-12-15(2)30-16(3)13-26/h6-11,15-16H,12-13H2,1-5H3. The van der Waals surface area contributed by atoms with Crippen LogP contribution in [0.5, 0.6) is 0 Å². The Morgan fingerprint density at radius 2 is 1.69 bits per heavy atom. The molecule has 1 aliphatic heterocycles. The first kappa shape index (κ1) is 22.8. The van der Waals surface area contributed by atoms with Gasteiger partial charge in [0.05, 0.1) is 27.3 Å². The third-order valence-electron chi connectivity index (χ3n) is 5.81. The molecule has 4 rings (SSSR count). The molecule has 0 bridgehead atoms. The van der Waals surface area contributed by atoms with E-state index in [1.807, 2.05) is 31.5 Å². The molecular formula is C23H27N3O4S2. The van der Waals surface area contributed by atoms with Crippen molar-refractivity contribution in [3.05, 3.63) is 57.9 Å². The smallest absolute Gasteiger partial charge is 0.279 e. The van der Waals surface area contributed by atoms with E-state index in [4.69, 9.17) is 4.74 Å². The first-order valence-corrected chi connectivity index (χ1v) is 12.7. The fraction of sp³-hybridized carbons (Fsp3) is 0.391. The SMILES string of the molecule is Cc1ccc2sc(=NC(=O)c3ccc(S(=O)(=O)N4CC(C)OC(C)C4)cc3)n(C)c2c1C. The number of nitrogens with zero attached hydrogens (tertiary/aromatic N) is 3. The summed E-state index contributed by atoms with van der Waals surface area (Å²) in [5.74, 6) is -0.404. The van der Waals surface area contributed by atoms with Gasteiger partial charge in [-0.05, 0) is 69.2 Å². The van der Waals surface area contributed by atoms with E-state index in [0.717, 1.165) is 15.8 Å². The first-order chi connectivity index (χ1) is 15.1. The number of benzene rings is 2. The maximum Gasteiger partial charge on any atom is 0.279 e. The van der Waals surface area contributed by atoms with Crippen molar-refractivity contribution in [1.29, 1.82) is 0 Å². The second-order valence-corrected chi connectivity index (χ2v) is 11.3. The monoisotopic (exact) mass is 473 g/mol. The van der Waals surface area contributed by atoms with Gasteiger partial charge < -0.3 is 9.30 Å². The maximum absolute atomic E-state index is 13.0. The van der Waals surface area contributed by atoms with Crippen molar-refractivity contribution >= 4 is 37.5 Å². The van der Waals surface area contributed by atoms with Crippen molar-refractivity contribution in [3.63, 3.8) is 0 Å². The van der Waals surface area contributed by atoms with E-state index >= 15 is 0 Å². The summed E-state index contributed by atoms with van der Waals surface area (Å²) < 4.78 is 36.1. The number of rotatable bonds is 3. The van der Waals surface area contributed by atoms with E-state index in [-0.39, 0.29) is 17.1 Å². The minimum atomic E-state index is -3.65. The van der Waals surface area contributed by atoms with Gasteiger partial charge in [-0.3, -0.25) is 4.79 Å². The van der Waals surface area contributed by atoms with Crippen LogP contribution in [0.4, 0.5) is 0 Å². The number of morpholine rings is 1. The predicted octanol–water partition coefficient (Wildman–Crippen LogP) is 3.40. The normalized spacial score (nSPS) is 20.7. The quantitative estimate of drug-likeness (QED) is 0.584. The van der Waals surface area contributed by atoms with Crippen molar-refractivity contribution in [2.24, 2.45) is 12.0 Å². The molecule has 1 aromatic heterocycles. The Kier molecular flexibility index (Phi) is 6.10. The Balaban J connectivity index is 1.62. The van der Waals surface area contributed by atoms with Gasteiger partial charge in [-0.1, -0.05) is 17.4 Å². The minimum Gasteiger partial charge on any atom is -0.373 e. The molecule has 1 saturated heterocycles. The largest absolute Gasteiger partial charge is 0.373 e. The Morgan fingerprint density at radius 3 is 2.31 bits per heavy atom. The Bertz CT molecular complexity index is 1340. The summed E-state index contributed by atoms with van der Waals surface area (Å²) in [6.07, 6.45) is -0.328. The third kappa shape index (κ3) is 4.17. The molecule has 0 spiro atoms. The Morgan fingerprint density at radius 1 is 1.06 bits per heavy atom. The zero-order chi connectivity index (χ0) is 23.2. The molecule has 170 valence electrons. The van der Waals surface area contributed by atoms with Crippen molar-refractivity contribution in [1.82, 2.24) is 8.87 Å². The number of aromatic nitrogens is 1. The zero-order valence-electron chi connectivity index (χ0n) is 18.8. The van der Waals surface area contributed by atoms with Crippen LogP contribution in [-0.2, 0) is 21.8 Å². The molecule has 3 aromatic rings. The van der Waals surface area contributed by atoms with E-state index in [9.17, 15) is 13.2 Å². The summed E-state index contributed by atoms with van der Waals surface area (Å²) >= 11 is 1.46. The van der Waals surface area contributed by atoms with Crippen LogP contribution in [0.3, 0.4) is 0 Å². The summed E-state index contributed by atoms with van der Waals surface area (Å²) in [4.78, 5) is 17.9. The number of carbonyl (C=O) groups excluding carboxylic acids is 1. The summed E-state index contributed by atoms with van der Waals surface area (Å²) in [5, 5.41) is 0. The first-order valence-electron chi connectivity index (χ1n) is 10.5. The van der Waals surface area contributed by atoms with E-state index in [1.165, 1.54) is 45.5 Å². The van der Waals surface area contributed by atoms with Gasteiger partial charge in [-0.25, -0.2) is 8.42 Å². The van der Waals surface area contributed by atoms with Crippen LogP contribution in [0.1, 0.15) is 35.3 Å². The number of sulfonamides is 1. The highest BCUT2D eigenvalue weighted by molar-refractivity contribution is 7.89. The van der Waals surface area contributed by atoms with Gasteiger partial charge in [-0.2, -0.15) is 9.30 Å². The van der Waals surface area contributed by atoms with Crippen molar-refractivity contribution in [2.75, 3.05) is 13.1 Å². The third-order valence-corrected chi connectivity index (χ3v) is 8.75. The van der Waals surface area contributed by atoms with Gasteiger partial charge in [0, 0.05) is 25.7 Å². The van der Waals surface area contributed by atoms with Crippen molar-refractivity contribution in [2.45, 2.75) is 44.8 Å². The average Bonchev–Trinajstić information content (AvgIpc) is 3.06. The van der Waals surface area contributed by atoms with Gasteiger partial charge in [0.15, 0.2) is 4.80 Å². The van der Waals surface area contributed by atoms with Crippen LogP contribution in [0.25, 0.3) is 10.2 Å². The lowest BCUT2D eigenvalue weighted by Crippen LogP contribution is -2.48. The Labute approximate surface area is 192 Å². The highest BCUT2D eigenvalue weighted by atomic mass is 32.2. The van der Waals surface area contributed by atoms with Crippen LogP contribution in [0, 0.1) is 13.8 Å². The van der Waals surface area contributed by atoms with E-state index in [0.29, 0.717) is 23.5 Å². The summed E-state index contributed by atoms with van der Waals surface area (Å²) in [7, 11) is -1.75. The van der Waals surface area contributed by atoms with Crippen LogP contribution >= 0.6 is 11.3 Å². The van der Waals surface area contributed by atoms with Gasteiger partial charge in [0.2, 0.25) is 10.0 Å². The van der Waals surface area contributed by atoms with Crippen LogP contribution in [0.2, 0.25) is 0 Å². The van der Waals surface area contributed by atoms with Gasteiger partial charge in [0.1, 0.15) is 0 Å². The van der Waals surface area contributed by atoms with Crippen LogP contribution < -0.4 is 4.80 Å². The highest BCUT2D eigenvalue weighted by Gasteiger charge is 2.32.